The van der Waals surface area contributed by atoms with Crippen molar-refractivity contribution >= 4 is 21.6 Å². The number of aryl methyl sites for hydroxylation is 1. The lowest BCUT2D eigenvalue weighted by Crippen LogP contribution is -2.32. The van der Waals surface area contributed by atoms with Crippen LogP contribution in [0.25, 0.3) is 0 Å². The van der Waals surface area contributed by atoms with E-state index in [-0.39, 0.29) is 17.9 Å². The number of halogens is 3. The van der Waals surface area contributed by atoms with Gasteiger partial charge in [-0.2, -0.15) is 13.2 Å². The van der Waals surface area contributed by atoms with Crippen molar-refractivity contribution in [2.45, 2.75) is 31.8 Å². The Bertz CT molecular complexity index is 939. The number of rotatable bonds is 5. The summed E-state index contributed by atoms with van der Waals surface area (Å²) >= 11 is 0. The number of hydrogen-bond donors (Lipinski definition) is 0. The molecule has 1 aromatic carbocycles. The van der Waals surface area contributed by atoms with E-state index in [0.29, 0.717) is 12.1 Å². The molecule has 27 heavy (non-hydrogen) atoms. The Morgan fingerprint density at radius 3 is 2.30 bits per heavy atom. The van der Waals surface area contributed by atoms with Crippen molar-refractivity contribution in [2.75, 3.05) is 17.2 Å². The molecule has 1 aromatic heterocycles. The Kier molecular flexibility index (Phi) is 5.94. The average Bonchev–Trinajstić information content (AvgIpc) is 2.62. The molecular formula is C18H19F3N2O3S. The van der Waals surface area contributed by atoms with Gasteiger partial charge in [-0.1, -0.05) is 13.0 Å². The van der Waals surface area contributed by atoms with Gasteiger partial charge in [-0.15, -0.1) is 0 Å². The number of alkyl halides is 3. The fourth-order valence-electron chi connectivity index (χ4n) is 2.46. The highest BCUT2D eigenvalue weighted by molar-refractivity contribution is 7.91. The highest BCUT2D eigenvalue weighted by Gasteiger charge is 2.34. The molecule has 0 fully saturated rings. The third-order valence-electron chi connectivity index (χ3n) is 3.99. The van der Waals surface area contributed by atoms with Gasteiger partial charge in [0, 0.05) is 12.7 Å². The quantitative estimate of drug-likeness (QED) is 0.764. The molecule has 5 nitrogen and oxygen atoms in total. The summed E-state index contributed by atoms with van der Waals surface area (Å²) < 4.78 is 63.7. The number of anilines is 1. The SMILES string of the molecule is CCN(C(=O)c1ccc(C(F)(F)F)cc1S(=O)(=O)CC)c1ccc(C)cn1. The maximum atomic E-state index is 13.0. The fraction of sp³-hybridized carbons (Fsp3) is 0.333. The van der Waals surface area contributed by atoms with Crippen LogP contribution in [0.2, 0.25) is 0 Å². The van der Waals surface area contributed by atoms with E-state index in [9.17, 15) is 26.4 Å². The van der Waals surface area contributed by atoms with Crippen LogP contribution in [0, 0.1) is 6.92 Å². The molecule has 1 amide bonds. The first kappa shape index (κ1) is 20.9. The van der Waals surface area contributed by atoms with Gasteiger partial charge in [0.1, 0.15) is 5.82 Å². The van der Waals surface area contributed by atoms with Crippen LogP contribution < -0.4 is 4.90 Å². The second-order valence-corrected chi connectivity index (χ2v) is 8.10. The van der Waals surface area contributed by atoms with Gasteiger partial charge < -0.3 is 0 Å². The van der Waals surface area contributed by atoms with Crippen molar-refractivity contribution in [3.63, 3.8) is 0 Å². The van der Waals surface area contributed by atoms with Crippen molar-refractivity contribution in [2.24, 2.45) is 0 Å². The van der Waals surface area contributed by atoms with Gasteiger partial charge in [0.25, 0.3) is 5.91 Å². The molecule has 2 aromatic rings. The standard InChI is InChI=1S/C18H19F3N2O3S/c1-4-23(16-9-6-12(3)11-22-16)17(24)14-8-7-13(18(19,20)21)10-15(14)27(25,26)5-2/h6-11H,4-5H2,1-3H3. The molecular weight excluding hydrogens is 381 g/mol. The third kappa shape index (κ3) is 4.47. The molecule has 0 saturated carbocycles. The van der Waals surface area contributed by atoms with Crippen LogP contribution in [0.3, 0.4) is 0 Å². The van der Waals surface area contributed by atoms with E-state index in [1.165, 1.54) is 11.8 Å². The van der Waals surface area contributed by atoms with Crippen molar-refractivity contribution < 1.29 is 26.4 Å². The van der Waals surface area contributed by atoms with E-state index < -0.39 is 38.1 Å². The molecule has 0 atom stereocenters. The molecule has 0 radical (unpaired) electrons. The smallest absolute Gasteiger partial charge is 0.293 e. The van der Waals surface area contributed by atoms with E-state index >= 15 is 0 Å². The normalized spacial score (nSPS) is 12.1. The van der Waals surface area contributed by atoms with E-state index in [0.717, 1.165) is 11.6 Å². The highest BCUT2D eigenvalue weighted by Crippen LogP contribution is 2.33. The number of hydrogen-bond acceptors (Lipinski definition) is 4. The van der Waals surface area contributed by atoms with Crippen LogP contribution in [0.15, 0.2) is 41.4 Å². The maximum Gasteiger partial charge on any atom is 0.416 e. The molecule has 0 bridgehead atoms. The largest absolute Gasteiger partial charge is 0.416 e. The van der Waals surface area contributed by atoms with Gasteiger partial charge >= 0.3 is 6.18 Å². The zero-order chi connectivity index (χ0) is 20.4. The molecule has 0 aliphatic rings. The molecule has 0 aliphatic carbocycles. The lowest BCUT2D eigenvalue weighted by molar-refractivity contribution is -0.137. The molecule has 1 heterocycles. The monoisotopic (exact) mass is 400 g/mol. The first-order chi connectivity index (χ1) is 12.5. The molecule has 0 spiro atoms. The summed E-state index contributed by atoms with van der Waals surface area (Å²) in [5, 5.41) is 0. The zero-order valence-corrected chi connectivity index (χ0v) is 15.9. The number of sulfone groups is 1. The predicted octanol–water partition coefficient (Wildman–Crippen LogP) is 3.87. The number of nitrogens with zero attached hydrogens (tertiary/aromatic N) is 2. The zero-order valence-electron chi connectivity index (χ0n) is 15.0. The molecule has 0 aliphatic heterocycles. The molecule has 0 saturated heterocycles. The number of carbonyl (C=O) groups is 1. The Hall–Kier alpha value is -2.42. The van der Waals surface area contributed by atoms with Crippen molar-refractivity contribution in [1.82, 2.24) is 4.98 Å². The Labute approximate surface area is 155 Å². The lowest BCUT2D eigenvalue weighted by Gasteiger charge is -2.22. The van der Waals surface area contributed by atoms with Gasteiger partial charge in [-0.05, 0) is 43.7 Å². The number of carbonyl (C=O) groups excluding carboxylic acids is 1. The minimum absolute atomic E-state index is 0.168. The molecule has 9 heteroatoms. The van der Waals surface area contributed by atoms with Crippen LogP contribution in [0.1, 0.15) is 35.3 Å². The summed E-state index contributed by atoms with van der Waals surface area (Å²) in [6.45, 7) is 4.96. The van der Waals surface area contributed by atoms with Crippen LogP contribution in [-0.4, -0.2) is 31.6 Å². The van der Waals surface area contributed by atoms with Gasteiger partial charge in [0.15, 0.2) is 9.84 Å². The molecule has 0 unspecified atom stereocenters. The van der Waals surface area contributed by atoms with Crippen LogP contribution in [0.4, 0.5) is 19.0 Å². The average molecular weight is 400 g/mol. The summed E-state index contributed by atoms with van der Waals surface area (Å²) in [5.41, 5.74) is -0.567. The molecule has 2 rings (SSSR count). The number of aromatic nitrogens is 1. The van der Waals surface area contributed by atoms with E-state index in [4.69, 9.17) is 0 Å². The van der Waals surface area contributed by atoms with Gasteiger partial charge in [-0.25, -0.2) is 13.4 Å². The van der Waals surface area contributed by atoms with Gasteiger partial charge in [0.2, 0.25) is 0 Å². The topological polar surface area (TPSA) is 67.3 Å². The fourth-order valence-corrected chi connectivity index (χ4v) is 3.57. The maximum absolute atomic E-state index is 13.0. The minimum atomic E-state index is -4.72. The Morgan fingerprint density at radius 1 is 1.15 bits per heavy atom. The van der Waals surface area contributed by atoms with Gasteiger partial charge in [0.05, 0.1) is 21.8 Å². The van der Waals surface area contributed by atoms with Crippen LogP contribution >= 0.6 is 0 Å². The highest BCUT2D eigenvalue weighted by atomic mass is 32.2. The van der Waals surface area contributed by atoms with Crippen LogP contribution in [0.5, 0.6) is 0 Å². The summed E-state index contributed by atoms with van der Waals surface area (Å²) in [6.07, 6.45) is -3.18. The minimum Gasteiger partial charge on any atom is -0.293 e. The Balaban J connectivity index is 2.61. The van der Waals surface area contributed by atoms with E-state index in [1.54, 1.807) is 25.3 Å². The van der Waals surface area contributed by atoms with E-state index in [1.807, 2.05) is 6.92 Å². The summed E-state index contributed by atoms with van der Waals surface area (Å²) in [5.74, 6) is -0.869. The van der Waals surface area contributed by atoms with Gasteiger partial charge in [-0.3, -0.25) is 9.69 Å². The number of amides is 1. The number of pyridine rings is 1. The number of benzene rings is 1. The molecule has 0 N–H and O–H groups in total. The van der Waals surface area contributed by atoms with Crippen molar-refractivity contribution in [3.8, 4) is 0 Å². The van der Waals surface area contributed by atoms with E-state index in [2.05, 4.69) is 4.98 Å². The summed E-state index contributed by atoms with van der Waals surface area (Å²) in [6, 6.07) is 5.45. The molecule has 146 valence electrons. The van der Waals surface area contributed by atoms with Crippen LogP contribution in [-0.2, 0) is 16.0 Å². The van der Waals surface area contributed by atoms with Crippen molar-refractivity contribution in [1.29, 1.82) is 0 Å². The second-order valence-electron chi connectivity index (χ2n) is 5.86. The van der Waals surface area contributed by atoms with Crippen molar-refractivity contribution in [3.05, 3.63) is 53.2 Å². The summed E-state index contributed by atoms with van der Waals surface area (Å²) in [7, 11) is -4.06. The first-order valence-corrected chi connectivity index (χ1v) is 9.85. The predicted molar refractivity (Wildman–Crippen MR) is 95.5 cm³/mol. The lowest BCUT2D eigenvalue weighted by atomic mass is 10.1. The third-order valence-corrected chi connectivity index (χ3v) is 5.76. The Morgan fingerprint density at radius 2 is 1.81 bits per heavy atom. The second kappa shape index (κ2) is 7.67. The first-order valence-electron chi connectivity index (χ1n) is 8.19. The summed E-state index contributed by atoms with van der Waals surface area (Å²) in [4.78, 5) is 17.7.